The Kier molecular flexibility index (Phi) is 5.08. The van der Waals surface area contributed by atoms with Gasteiger partial charge in [0.05, 0.1) is 12.4 Å². The van der Waals surface area contributed by atoms with Crippen molar-refractivity contribution < 1.29 is 14.3 Å². The molecule has 3 rings (SSSR count). The van der Waals surface area contributed by atoms with Crippen molar-refractivity contribution in [3.05, 3.63) is 100 Å². The lowest BCUT2D eigenvalue weighted by Gasteiger charge is -2.13. The second kappa shape index (κ2) is 7.62. The van der Waals surface area contributed by atoms with E-state index in [0.717, 1.165) is 11.1 Å². The van der Waals surface area contributed by atoms with Crippen LogP contribution in [0.4, 0.5) is 0 Å². The molecule has 0 saturated heterocycles. The summed E-state index contributed by atoms with van der Waals surface area (Å²) in [6.07, 6.45) is 0.727. The molecule has 4 heteroatoms. The van der Waals surface area contributed by atoms with Gasteiger partial charge in [-0.15, -0.1) is 0 Å². The van der Waals surface area contributed by atoms with Gasteiger partial charge in [-0.1, -0.05) is 60.7 Å². The summed E-state index contributed by atoms with van der Waals surface area (Å²) in [5.74, 6) is 0.492. The zero-order chi connectivity index (χ0) is 16.8. The van der Waals surface area contributed by atoms with Gasteiger partial charge in [0, 0.05) is 12.5 Å². The van der Waals surface area contributed by atoms with E-state index in [2.05, 4.69) is 0 Å². The number of aliphatic hydroxyl groups is 1. The topological polar surface area (TPSA) is 59.7 Å². The minimum atomic E-state index is -0.768. The van der Waals surface area contributed by atoms with Crippen molar-refractivity contribution >= 4 is 0 Å². The van der Waals surface area contributed by atoms with Crippen molar-refractivity contribution in [1.29, 1.82) is 0 Å². The maximum atomic E-state index is 12.1. The van der Waals surface area contributed by atoms with Gasteiger partial charge in [0.25, 0.3) is 0 Å². The molecular formula is C20H18O4. The molecule has 0 spiro atoms. The van der Waals surface area contributed by atoms with E-state index < -0.39 is 6.10 Å². The zero-order valence-electron chi connectivity index (χ0n) is 13.1. The third-order valence-electron chi connectivity index (χ3n) is 3.70. The average molecular weight is 322 g/mol. The fraction of sp³-hybridized carbons (Fsp3) is 0.150. The first kappa shape index (κ1) is 16.0. The molecule has 4 nitrogen and oxygen atoms in total. The van der Waals surface area contributed by atoms with Crippen molar-refractivity contribution in [3.63, 3.8) is 0 Å². The Hall–Kier alpha value is -2.85. The van der Waals surface area contributed by atoms with Crippen LogP contribution in [-0.4, -0.2) is 5.11 Å². The molecule has 2 aromatic carbocycles. The molecule has 1 N–H and O–H groups in total. The van der Waals surface area contributed by atoms with Gasteiger partial charge < -0.3 is 14.3 Å². The first-order valence-corrected chi connectivity index (χ1v) is 7.74. The Bertz CT molecular complexity index is 825. The lowest BCUT2D eigenvalue weighted by atomic mass is 10.0. The van der Waals surface area contributed by atoms with E-state index >= 15 is 0 Å². The molecule has 1 aromatic heterocycles. The quantitative estimate of drug-likeness (QED) is 0.754. The average Bonchev–Trinajstić information content (AvgIpc) is 2.63. The van der Waals surface area contributed by atoms with E-state index in [1.165, 1.54) is 12.3 Å². The minimum absolute atomic E-state index is 0.149. The van der Waals surface area contributed by atoms with Crippen LogP contribution in [-0.2, 0) is 13.0 Å². The highest BCUT2D eigenvalue weighted by Gasteiger charge is 2.17. The van der Waals surface area contributed by atoms with Gasteiger partial charge in [0.2, 0.25) is 11.2 Å². The molecule has 0 fully saturated rings. The SMILES string of the molecule is O=c1ccoc(CC(O)c2ccccc2)c1OCc1ccccc1. The summed E-state index contributed by atoms with van der Waals surface area (Å²) in [6.45, 7) is 0.268. The molecule has 0 amide bonds. The molecule has 0 radical (unpaired) electrons. The van der Waals surface area contributed by atoms with E-state index in [9.17, 15) is 9.90 Å². The Balaban J connectivity index is 1.78. The normalized spacial score (nSPS) is 11.9. The number of benzene rings is 2. The molecule has 24 heavy (non-hydrogen) atoms. The molecule has 0 bridgehead atoms. The number of aliphatic hydroxyl groups excluding tert-OH is 1. The molecule has 1 unspecified atom stereocenters. The summed E-state index contributed by atoms with van der Waals surface area (Å²) in [7, 11) is 0. The number of hydrogen-bond donors (Lipinski definition) is 1. The third kappa shape index (κ3) is 3.91. The summed E-state index contributed by atoms with van der Waals surface area (Å²) < 4.78 is 11.1. The fourth-order valence-electron chi connectivity index (χ4n) is 2.44. The van der Waals surface area contributed by atoms with Crippen LogP contribution in [0.15, 0.2) is 82.2 Å². The van der Waals surface area contributed by atoms with Crippen LogP contribution in [0.3, 0.4) is 0 Å². The lowest BCUT2D eigenvalue weighted by Crippen LogP contribution is -2.12. The molecule has 0 aliphatic carbocycles. The summed E-state index contributed by atoms with van der Waals surface area (Å²) in [6, 6.07) is 20.1. The van der Waals surface area contributed by atoms with E-state index in [-0.39, 0.29) is 24.2 Å². The summed E-state index contributed by atoms with van der Waals surface area (Å²) in [4.78, 5) is 12.1. The van der Waals surface area contributed by atoms with Gasteiger partial charge in [-0.25, -0.2) is 0 Å². The van der Waals surface area contributed by atoms with E-state index in [4.69, 9.17) is 9.15 Å². The van der Waals surface area contributed by atoms with Crippen LogP contribution in [0.5, 0.6) is 5.75 Å². The first-order chi connectivity index (χ1) is 11.7. The fourth-order valence-corrected chi connectivity index (χ4v) is 2.44. The molecule has 1 atom stereocenters. The maximum Gasteiger partial charge on any atom is 0.227 e. The molecule has 122 valence electrons. The Labute approximate surface area is 140 Å². The van der Waals surface area contributed by atoms with E-state index in [1.807, 2.05) is 60.7 Å². The summed E-state index contributed by atoms with van der Waals surface area (Å²) >= 11 is 0. The van der Waals surface area contributed by atoms with Crippen LogP contribution in [0.25, 0.3) is 0 Å². The van der Waals surface area contributed by atoms with Crippen molar-refractivity contribution in [3.8, 4) is 5.75 Å². The van der Waals surface area contributed by atoms with Crippen LogP contribution < -0.4 is 10.2 Å². The second-order valence-electron chi connectivity index (χ2n) is 5.44. The van der Waals surface area contributed by atoms with E-state index in [0.29, 0.717) is 5.76 Å². The van der Waals surface area contributed by atoms with Gasteiger partial charge in [0.1, 0.15) is 6.61 Å². The molecular weight excluding hydrogens is 304 g/mol. The molecule has 1 heterocycles. The van der Waals surface area contributed by atoms with Gasteiger partial charge in [-0.05, 0) is 11.1 Å². The zero-order valence-corrected chi connectivity index (χ0v) is 13.1. The second-order valence-corrected chi connectivity index (χ2v) is 5.44. The number of rotatable bonds is 6. The Morgan fingerprint density at radius 3 is 2.33 bits per heavy atom. The largest absolute Gasteiger partial charge is 0.482 e. The lowest BCUT2D eigenvalue weighted by molar-refractivity contribution is 0.165. The number of hydrogen-bond acceptors (Lipinski definition) is 4. The summed E-state index contributed by atoms with van der Waals surface area (Å²) in [5.41, 5.74) is 1.46. The highest BCUT2D eigenvalue weighted by atomic mass is 16.5. The Morgan fingerprint density at radius 1 is 0.958 bits per heavy atom. The van der Waals surface area contributed by atoms with Gasteiger partial charge >= 0.3 is 0 Å². The van der Waals surface area contributed by atoms with Crippen LogP contribution >= 0.6 is 0 Å². The van der Waals surface area contributed by atoms with Crippen LogP contribution in [0.2, 0.25) is 0 Å². The van der Waals surface area contributed by atoms with Crippen molar-refractivity contribution in [2.24, 2.45) is 0 Å². The highest BCUT2D eigenvalue weighted by molar-refractivity contribution is 5.28. The van der Waals surface area contributed by atoms with Crippen molar-refractivity contribution in [1.82, 2.24) is 0 Å². The third-order valence-corrected chi connectivity index (χ3v) is 3.70. The monoisotopic (exact) mass is 322 g/mol. The van der Waals surface area contributed by atoms with Crippen LogP contribution in [0, 0.1) is 0 Å². The number of ether oxygens (including phenoxy) is 1. The smallest absolute Gasteiger partial charge is 0.227 e. The molecule has 0 aliphatic heterocycles. The van der Waals surface area contributed by atoms with Crippen molar-refractivity contribution in [2.45, 2.75) is 19.1 Å². The summed E-state index contributed by atoms with van der Waals surface area (Å²) in [5, 5.41) is 10.4. The van der Waals surface area contributed by atoms with Crippen molar-refractivity contribution in [2.75, 3.05) is 0 Å². The minimum Gasteiger partial charge on any atom is -0.482 e. The predicted molar refractivity (Wildman–Crippen MR) is 90.9 cm³/mol. The highest BCUT2D eigenvalue weighted by Crippen LogP contribution is 2.23. The molecule has 0 saturated carbocycles. The van der Waals surface area contributed by atoms with Gasteiger partial charge in [0.15, 0.2) is 5.76 Å². The first-order valence-electron chi connectivity index (χ1n) is 7.74. The molecule has 0 aliphatic rings. The Morgan fingerprint density at radius 2 is 1.62 bits per heavy atom. The van der Waals surface area contributed by atoms with Gasteiger partial charge in [-0.3, -0.25) is 4.79 Å². The van der Waals surface area contributed by atoms with Gasteiger partial charge in [-0.2, -0.15) is 0 Å². The van der Waals surface area contributed by atoms with E-state index in [1.54, 1.807) is 0 Å². The maximum absolute atomic E-state index is 12.1. The predicted octanol–water partition coefficient (Wildman–Crippen LogP) is 3.49. The molecule has 3 aromatic rings. The standard InChI is InChI=1S/C20H18O4/c21-17-11-12-23-19(13-18(22)16-9-5-2-6-10-16)20(17)24-14-15-7-3-1-4-8-15/h1-12,18,22H,13-14H2. The van der Waals surface area contributed by atoms with Crippen LogP contribution in [0.1, 0.15) is 23.0 Å².